The van der Waals surface area contributed by atoms with E-state index in [1.54, 1.807) is 0 Å². The predicted octanol–water partition coefficient (Wildman–Crippen LogP) is 3.80. The Morgan fingerprint density at radius 2 is 1.62 bits per heavy atom. The molecule has 0 spiro atoms. The molecule has 0 bridgehead atoms. The molecule has 1 saturated carbocycles. The van der Waals surface area contributed by atoms with Crippen LogP contribution < -0.4 is 10.1 Å². The number of hydrogen-bond donors (Lipinski definition) is 1. The van der Waals surface area contributed by atoms with E-state index in [1.165, 1.54) is 30.5 Å². The predicted molar refractivity (Wildman–Crippen MR) is 77.0 cm³/mol. The fourth-order valence-corrected chi connectivity index (χ4v) is 2.11. The van der Waals surface area contributed by atoms with Crippen molar-refractivity contribution in [3.8, 4) is 5.75 Å². The molecule has 0 radical (unpaired) electrons. The third-order valence-corrected chi connectivity index (χ3v) is 3.42. The van der Waals surface area contributed by atoms with Gasteiger partial charge in [0.25, 0.3) is 0 Å². The summed E-state index contributed by atoms with van der Waals surface area (Å²) in [6.45, 7) is 1.01. The van der Waals surface area contributed by atoms with E-state index in [4.69, 9.17) is 4.74 Å². The fourth-order valence-electron chi connectivity index (χ4n) is 2.11. The molecule has 110 valence electrons. The van der Waals surface area contributed by atoms with Gasteiger partial charge >= 0.3 is 0 Å². The van der Waals surface area contributed by atoms with Crippen LogP contribution in [0.5, 0.6) is 5.75 Å². The Balaban J connectivity index is 1.54. The molecule has 0 aliphatic heterocycles. The third-order valence-electron chi connectivity index (χ3n) is 3.42. The number of rotatable bonds is 6. The van der Waals surface area contributed by atoms with Gasteiger partial charge in [0.15, 0.2) is 0 Å². The molecule has 1 N–H and O–H groups in total. The van der Waals surface area contributed by atoms with Gasteiger partial charge < -0.3 is 10.1 Å². The lowest BCUT2D eigenvalue weighted by Crippen LogP contribution is -2.15. The lowest BCUT2D eigenvalue weighted by Gasteiger charge is -2.08. The first-order valence-corrected chi connectivity index (χ1v) is 7.09. The molecule has 0 atom stereocenters. The first-order valence-electron chi connectivity index (χ1n) is 7.09. The Bertz CT molecular complexity index is 588. The Kier molecular flexibility index (Phi) is 4.15. The van der Waals surface area contributed by atoms with Crippen molar-refractivity contribution in [1.29, 1.82) is 0 Å². The monoisotopic (exact) mass is 289 g/mol. The number of ether oxygens (including phenoxy) is 1. The molecule has 0 saturated heterocycles. The van der Waals surface area contributed by atoms with Crippen molar-refractivity contribution in [2.45, 2.75) is 32.0 Å². The van der Waals surface area contributed by atoms with E-state index in [-0.39, 0.29) is 6.61 Å². The van der Waals surface area contributed by atoms with Crippen molar-refractivity contribution in [1.82, 2.24) is 5.32 Å². The summed E-state index contributed by atoms with van der Waals surface area (Å²) >= 11 is 0. The molecule has 3 rings (SSSR count). The Hall–Kier alpha value is -1.94. The minimum atomic E-state index is -0.588. The SMILES string of the molecule is Fc1cc(F)cc(COc2ccc(CNC3CC3)cc2)c1. The van der Waals surface area contributed by atoms with Gasteiger partial charge in [-0.3, -0.25) is 0 Å². The molecule has 0 heterocycles. The zero-order chi connectivity index (χ0) is 14.7. The average Bonchev–Trinajstić information content (AvgIpc) is 3.27. The molecule has 4 heteroatoms. The van der Waals surface area contributed by atoms with Crippen LogP contribution in [0.1, 0.15) is 24.0 Å². The summed E-state index contributed by atoms with van der Waals surface area (Å²) in [5.41, 5.74) is 1.68. The molecule has 1 aliphatic carbocycles. The highest BCUT2D eigenvalue weighted by Crippen LogP contribution is 2.20. The van der Waals surface area contributed by atoms with E-state index in [9.17, 15) is 8.78 Å². The van der Waals surface area contributed by atoms with Crippen LogP contribution in [0, 0.1) is 11.6 Å². The van der Waals surface area contributed by atoms with Crippen LogP contribution in [-0.4, -0.2) is 6.04 Å². The lowest BCUT2D eigenvalue weighted by atomic mass is 10.2. The van der Waals surface area contributed by atoms with Crippen molar-refractivity contribution in [3.63, 3.8) is 0 Å². The second-order valence-corrected chi connectivity index (χ2v) is 5.37. The molecule has 2 aromatic rings. The molecule has 0 unspecified atom stereocenters. The third kappa shape index (κ3) is 4.26. The highest BCUT2D eigenvalue weighted by atomic mass is 19.1. The summed E-state index contributed by atoms with van der Waals surface area (Å²) in [6, 6.07) is 11.8. The Labute approximate surface area is 122 Å². The topological polar surface area (TPSA) is 21.3 Å². The zero-order valence-electron chi connectivity index (χ0n) is 11.6. The molecule has 2 nitrogen and oxygen atoms in total. The zero-order valence-corrected chi connectivity index (χ0v) is 11.6. The lowest BCUT2D eigenvalue weighted by molar-refractivity contribution is 0.304. The van der Waals surface area contributed by atoms with E-state index in [1.807, 2.05) is 24.3 Å². The van der Waals surface area contributed by atoms with Crippen molar-refractivity contribution in [2.75, 3.05) is 0 Å². The van der Waals surface area contributed by atoms with Crippen LogP contribution in [0.4, 0.5) is 8.78 Å². The molecule has 2 aromatic carbocycles. The molecule has 1 aliphatic rings. The first-order chi connectivity index (χ1) is 10.2. The summed E-state index contributed by atoms with van der Waals surface area (Å²) in [6.07, 6.45) is 2.54. The van der Waals surface area contributed by atoms with E-state index < -0.39 is 11.6 Å². The fraction of sp³-hybridized carbons (Fsp3) is 0.294. The van der Waals surface area contributed by atoms with Crippen LogP contribution in [0.3, 0.4) is 0 Å². The molecule has 21 heavy (non-hydrogen) atoms. The molecule has 1 fully saturated rings. The van der Waals surface area contributed by atoms with Crippen LogP contribution in [0.25, 0.3) is 0 Å². The normalized spacial score (nSPS) is 14.2. The summed E-state index contributed by atoms with van der Waals surface area (Å²) < 4.78 is 31.7. The standard InChI is InChI=1S/C17H17F2NO/c18-14-7-13(8-15(19)9-14)11-21-17-5-1-12(2-6-17)10-20-16-3-4-16/h1-2,5-9,16,20H,3-4,10-11H2. The van der Waals surface area contributed by atoms with Crippen LogP contribution in [0.2, 0.25) is 0 Å². The van der Waals surface area contributed by atoms with Crippen molar-refractivity contribution in [3.05, 3.63) is 65.2 Å². The van der Waals surface area contributed by atoms with E-state index in [0.717, 1.165) is 12.6 Å². The molecule has 0 amide bonds. The van der Waals surface area contributed by atoms with E-state index in [2.05, 4.69) is 5.32 Å². The van der Waals surface area contributed by atoms with E-state index >= 15 is 0 Å². The minimum Gasteiger partial charge on any atom is -0.489 e. The van der Waals surface area contributed by atoms with Gasteiger partial charge in [-0.25, -0.2) is 8.78 Å². The maximum absolute atomic E-state index is 13.1. The van der Waals surface area contributed by atoms with Crippen LogP contribution >= 0.6 is 0 Å². The number of benzene rings is 2. The van der Waals surface area contributed by atoms with Gasteiger partial charge in [0.1, 0.15) is 24.0 Å². The molecular weight excluding hydrogens is 272 g/mol. The Morgan fingerprint density at radius 1 is 0.952 bits per heavy atom. The summed E-state index contributed by atoms with van der Waals surface area (Å²) in [5, 5.41) is 3.44. The van der Waals surface area contributed by atoms with Gasteiger partial charge in [-0.15, -0.1) is 0 Å². The number of nitrogens with one attached hydrogen (secondary N) is 1. The Morgan fingerprint density at radius 3 is 2.24 bits per heavy atom. The maximum Gasteiger partial charge on any atom is 0.126 e. The summed E-state index contributed by atoms with van der Waals surface area (Å²) in [4.78, 5) is 0. The van der Waals surface area contributed by atoms with Gasteiger partial charge in [0.2, 0.25) is 0 Å². The highest BCUT2D eigenvalue weighted by molar-refractivity contribution is 5.28. The van der Waals surface area contributed by atoms with Gasteiger partial charge in [0.05, 0.1) is 0 Å². The van der Waals surface area contributed by atoms with E-state index in [0.29, 0.717) is 17.4 Å². The molecule has 0 aromatic heterocycles. The second kappa shape index (κ2) is 6.22. The minimum absolute atomic E-state index is 0.147. The van der Waals surface area contributed by atoms with Crippen LogP contribution in [0.15, 0.2) is 42.5 Å². The second-order valence-electron chi connectivity index (χ2n) is 5.37. The van der Waals surface area contributed by atoms with Gasteiger partial charge in [-0.05, 0) is 48.2 Å². The van der Waals surface area contributed by atoms with Crippen molar-refractivity contribution < 1.29 is 13.5 Å². The summed E-state index contributed by atoms with van der Waals surface area (Å²) in [5.74, 6) is -0.486. The molecular formula is C17H17F2NO. The van der Waals surface area contributed by atoms with Gasteiger partial charge in [-0.1, -0.05) is 12.1 Å². The first kappa shape index (κ1) is 14.0. The van der Waals surface area contributed by atoms with Crippen LogP contribution in [-0.2, 0) is 13.2 Å². The number of hydrogen-bond acceptors (Lipinski definition) is 2. The summed E-state index contributed by atoms with van der Waals surface area (Å²) in [7, 11) is 0. The van der Waals surface area contributed by atoms with Crippen molar-refractivity contribution in [2.24, 2.45) is 0 Å². The van der Waals surface area contributed by atoms with Crippen molar-refractivity contribution >= 4 is 0 Å². The smallest absolute Gasteiger partial charge is 0.126 e. The van der Waals surface area contributed by atoms with Gasteiger partial charge in [0, 0.05) is 18.7 Å². The largest absolute Gasteiger partial charge is 0.489 e. The average molecular weight is 289 g/mol. The quantitative estimate of drug-likeness (QED) is 0.873. The number of halogens is 2. The van der Waals surface area contributed by atoms with Gasteiger partial charge in [-0.2, -0.15) is 0 Å². The highest BCUT2D eigenvalue weighted by Gasteiger charge is 2.19. The maximum atomic E-state index is 13.1.